The van der Waals surface area contributed by atoms with Gasteiger partial charge in [0.05, 0.1) is 13.2 Å². The molecule has 0 atom stereocenters. The molecule has 0 bridgehead atoms. The number of rotatable bonds is 14. The molecular weight excluding hydrogens is 294 g/mol. The van der Waals surface area contributed by atoms with Gasteiger partial charge in [0.1, 0.15) is 0 Å². The maximum atomic E-state index is 9.29. The van der Waals surface area contributed by atoms with Crippen molar-refractivity contribution in [2.75, 3.05) is 53.2 Å². The lowest BCUT2D eigenvalue weighted by Gasteiger charge is -2.29. The zero-order valence-electron chi connectivity index (χ0n) is 15.5. The Morgan fingerprint density at radius 2 is 1.83 bits per heavy atom. The molecule has 0 aliphatic carbocycles. The number of aliphatic imine (C=N–C) groups is 1. The van der Waals surface area contributed by atoms with Crippen LogP contribution in [0.5, 0.6) is 0 Å². The zero-order chi connectivity index (χ0) is 17.4. The molecule has 0 saturated heterocycles. The summed E-state index contributed by atoms with van der Waals surface area (Å²) >= 11 is 0. The van der Waals surface area contributed by atoms with Crippen molar-refractivity contribution in [3.63, 3.8) is 0 Å². The highest BCUT2D eigenvalue weighted by Gasteiger charge is 2.25. The zero-order valence-corrected chi connectivity index (χ0v) is 15.5. The molecule has 0 fully saturated rings. The van der Waals surface area contributed by atoms with Crippen molar-refractivity contribution in [1.29, 1.82) is 0 Å². The lowest BCUT2D eigenvalue weighted by atomic mass is 9.79. The smallest absolute Gasteiger partial charge is 0.191 e. The van der Waals surface area contributed by atoms with Gasteiger partial charge in [0.2, 0.25) is 0 Å². The minimum Gasteiger partial charge on any atom is -0.396 e. The van der Waals surface area contributed by atoms with Gasteiger partial charge >= 0.3 is 0 Å². The van der Waals surface area contributed by atoms with Crippen LogP contribution in [-0.2, 0) is 9.47 Å². The van der Waals surface area contributed by atoms with E-state index in [0.717, 1.165) is 51.3 Å². The number of ether oxygens (including phenoxy) is 2. The van der Waals surface area contributed by atoms with E-state index in [4.69, 9.17) is 14.5 Å². The molecule has 0 unspecified atom stereocenters. The molecule has 0 heterocycles. The molecule has 0 spiro atoms. The van der Waals surface area contributed by atoms with Gasteiger partial charge in [-0.3, -0.25) is 4.99 Å². The van der Waals surface area contributed by atoms with Gasteiger partial charge in [-0.25, -0.2) is 0 Å². The number of aliphatic hydroxyl groups is 1. The van der Waals surface area contributed by atoms with Crippen LogP contribution in [0.25, 0.3) is 0 Å². The average molecular weight is 332 g/mol. The average Bonchev–Trinajstić information content (AvgIpc) is 2.57. The van der Waals surface area contributed by atoms with E-state index in [1.165, 1.54) is 0 Å². The summed E-state index contributed by atoms with van der Waals surface area (Å²) in [6.45, 7) is 11.0. The fourth-order valence-electron chi connectivity index (χ4n) is 2.36. The number of nitrogens with one attached hydrogen (secondary N) is 2. The predicted molar refractivity (Wildman–Crippen MR) is 96.0 cm³/mol. The molecule has 138 valence electrons. The summed E-state index contributed by atoms with van der Waals surface area (Å²) < 4.78 is 10.4. The second kappa shape index (κ2) is 14.7. The summed E-state index contributed by atoms with van der Waals surface area (Å²) in [5.74, 6) is 0.841. The summed E-state index contributed by atoms with van der Waals surface area (Å²) in [7, 11) is 1.67. The van der Waals surface area contributed by atoms with Gasteiger partial charge in [-0.15, -0.1) is 0 Å². The lowest BCUT2D eigenvalue weighted by Crippen LogP contribution is -2.39. The molecule has 0 aliphatic heterocycles. The van der Waals surface area contributed by atoms with Gasteiger partial charge in [0.15, 0.2) is 5.96 Å². The van der Waals surface area contributed by atoms with Crippen LogP contribution >= 0.6 is 0 Å². The van der Waals surface area contributed by atoms with Crippen molar-refractivity contribution in [1.82, 2.24) is 10.6 Å². The number of aliphatic hydroxyl groups excluding tert-OH is 1. The topological polar surface area (TPSA) is 75.1 Å². The minimum atomic E-state index is 0.0976. The molecule has 0 amide bonds. The van der Waals surface area contributed by atoms with E-state index in [2.05, 4.69) is 31.4 Å². The van der Waals surface area contributed by atoms with E-state index < -0.39 is 0 Å². The Morgan fingerprint density at radius 1 is 1.09 bits per heavy atom. The highest BCUT2D eigenvalue weighted by molar-refractivity contribution is 5.79. The lowest BCUT2D eigenvalue weighted by molar-refractivity contribution is 0.0698. The molecule has 3 N–H and O–H groups in total. The van der Waals surface area contributed by atoms with Crippen molar-refractivity contribution in [3.8, 4) is 0 Å². The quantitative estimate of drug-likeness (QED) is 0.257. The monoisotopic (exact) mass is 331 g/mol. The fourth-order valence-corrected chi connectivity index (χ4v) is 2.36. The minimum absolute atomic E-state index is 0.0976. The maximum Gasteiger partial charge on any atom is 0.191 e. The Hall–Kier alpha value is -0.850. The first-order valence-corrected chi connectivity index (χ1v) is 8.87. The Morgan fingerprint density at radius 3 is 2.39 bits per heavy atom. The first kappa shape index (κ1) is 22.1. The largest absolute Gasteiger partial charge is 0.396 e. The number of nitrogens with zero attached hydrogens (tertiary/aromatic N) is 1. The first-order chi connectivity index (χ1) is 11.2. The van der Waals surface area contributed by atoms with E-state index >= 15 is 0 Å². The van der Waals surface area contributed by atoms with Crippen molar-refractivity contribution in [3.05, 3.63) is 0 Å². The van der Waals surface area contributed by atoms with Gasteiger partial charge in [-0.2, -0.15) is 0 Å². The number of guanidine groups is 1. The van der Waals surface area contributed by atoms with Gasteiger partial charge in [0.25, 0.3) is 0 Å². The molecule has 23 heavy (non-hydrogen) atoms. The van der Waals surface area contributed by atoms with Gasteiger partial charge in [-0.05, 0) is 38.0 Å². The number of hydrogen-bond donors (Lipinski definition) is 3. The Bertz CT molecular complexity index is 295. The van der Waals surface area contributed by atoms with Crippen molar-refractivity contribution >= 4 is 5.96 Å². The molecular formula is C17H37N3O3. The predicted octanol–water partition coefficient (Wildman–Crippen LogP) is 1.78. The highest BCUT2D eigenvalue weighted by Crippen LogP contribution is 2.30. The second-order valence-corrected chi connectivity index (χ2v) is 5.76. The van der Waals surface area contributed by atoms with Crippen LogP contribution in [0, 0.1) is 5.41 Å². The van der Waals surface area contributed by atoms with Crippen LogP contribution in [0.2, 0.25) is 0 Å². The van der Waals surface area contributed by atoms with Crippen LogP contribution in [0.3, 0.4) is 0 Å². The summed E-state index contributed by atoms with van der Waals surface area (Å²) in [5, 5.41) is 15.9. The Kier molecular flexibility index (Phi) is 14.2. The molecule has 0 rings (SSSR count). The standard InChI is InChI=1S/C17H37N3O3/c1-5-17(6-2,9-11-21)15-20-16(18-7-3)19-10-8-12-23-14-13-22-4/h21H,5-15H2,1-4H3,(H2,18,19,20). The molecule has 0 radical (unpaired) electrons. The van der Waals surface area contributed by atoms with E-state index in [-0.39, 0.29) is 12.0 Å². The highest BCUT2D eigenvalue weighted by atomic mass is 16.5. The first-order valence-electron chi connectivity index (χ1n) is 8.87. The van der Waals surface area contributed by atoms with Gasteiger partial charge in [-0.1, -0.05) is 13.8 Å². The van der Waals surface area contributed by atoms with Crippen molar-refractivity contribution in [2.45, 2.75) is 46.5 Å². The third-order valence-corrected chi connectivity index (χ3v) is 4.25. The van der Waals surface area contributed by atoms with Crippen LogP contribution in [-0.4, -0.2) is 64.2 Å². The molecule has 0 aliphatic rings. The SMILES string of the molecule is CCNC(=NCC(CC)(CC)CCO)NCCCOCCOC. The normalized spacial score (nSPS) is 12.5. The van der Waals surface area contributed by atoms with Crippen molar-refractivity contribution < 1.29 is 14.6 Å². The van der Waals surface area contributed by atoms with Gasteiger partial charge < -0.3 is 25.2 Å². The Labute approximate surface area is 142 Å². The van der Waals surface area contributed by atoms with Crippen LogP contribution in [0.15, 0.2) is 4.99 Å². The molecule has 6 heteroatoms. The van der Waals surface area contributed by atoms with Crippen molar-refractivity contribution in [2.24, 2.45) is 10.4 Å². The fraction of sp³-hybridized carbons (Fsp3) is 0.941. The molecule has 0 aromatic heterocycles. The third kappa shape index (κ3) is 10.5. The summed E-state index contributed by atoms with van der Waals surface area (Å²) in [4.78, 5) is 4.72. The molecule has 6 nitrogen and oxygen atoms in total. The Balaban J connectivity index is 4.25. The molecule has 0 aromatic rings. The number of hydrogen-bond acceptors (Lipinski definition) is 4. The summed E-state index contributed by atoms with van der Waals surface area (Å²) in [6, 6.07) is 0. The molecule has 0 saturated carbocycles. The van der Waals surface area contributed by atoms with Gasteiger partial charge in [0, 0.05) is 40.0 Å². The van der Waals surface area contributed by atoms with E-state index in [0.29, 0.717) is 19.8 Å². The van der Waals surface area contributed by atoms with Crippen LogP contribution in [0.4, 0.5) is 0 Å². The maximum absolute atomic E-state index is 9.29. The third-order valence-electron chi connectivity index (χ3n) is 4.25. The number of methoxy groups -OCH3 is 1. The summed E-state index contributed by atoms with van der Waals surface area (Å²) in [6.07, 6.45) is 3.79. The molecule has 0 aromatic carbocycles. The van der Waals surface area contributed by atoms with E-state index in [1.807, 2.05) is 0 Å². The summed E-state index contributed by atoms with van der Waals surface area (Å²) in [5.41, 5.74) is 0.0976. The second-order valence-electron chi connectivity index (χ2n) is 5.76. The van der Waals surface area contributed by atoms with E-state index in [9.17, 15) is 5.11 Å². The van der Waals surface area contributed by atoms with E-state index in [1.54, 1.807) is 7.11 Å². The van der Waals surface area contributed by atoms with Crippen LogP contribution < -0.4 is 10.6 Å². The van der Waals surface area contributed by atoms with Crippen LogP contribution in [0.1, 0.15) is 46.5 Å².